The van der Waals surface area contributed by atoms with Crippen molar-refractivity contribution in [1.29, 1.82) is 5.26 Å². The minimum absolute atomic E-state index is 0.0386. The molecule has 0 bridgehead atoms. The van der Waals surface area contributed by atoms with E-state index < -0.39 is 0 Å². The van der Waals surface area contributed by atoms with Crippen LogP contribution in [0.4, 0.5) is 0 Å². The molecule has 8 heteroatoms. The minimum Gasteiger partial charge on any atom is -0.337 e. The van der Waals surface area contributed by atoms with Crippen LogP contribution in [0, 0.1) is 18.3 Å². The van der Waals surface area contributed by atoms with Gasteiger partial charge >= 0.3 is 0 Å². The van der Waals surface area contributed by atoms with E-state index in [0.29, 0.717) is 35.1 Å². The Morgan fingerprint density at radius 3 is 2.72 bits per heavy atom. The summed E-state index contributed by atoms with van der Waals surface area (Å²) in [5, 5.41) is 12.0. The van der Waals surface area contributed by atoms with E-state index in [2.05, 4.69) is 21.1 Å². The first-order valence-corrected chi connectivity index (χ1v) is 10.6. The number of carbonyl (C=O) groups excluding carboxylic acids is 1. The number of nitriles is 1. The fraction of sp³-hybridized carbons (Fsp3) is 0.333. The standard InChI is InChI=1S/C24H26N6O2/c1-16-11-17(12-25)6-8-20(16)21-14-27-30(24(21)32)22-9-7-18(13-26-22)23(31)29-10-4-5-19(15-29)28(2)3/h6-9,11,13-14,19,27H,4-5,10,15H2,1-3H3/t19-/m1/s1. The summed E-state index contributed by atoms with van der Waals surface area (Å²) in [6.07, 6.45) is 5.23. The lowest BCUT2D eigenvalue weighted by atomic mass is 10.0. The Labute approximate surface area is 186 Å². The van der Waals surface area contributed by atoms with Gasteiger partial charge in [0.2, 0.25) is 0 Å². The Kier molecular flexibility index (Phi) is 5.93. The fourth-order valence-electron chi connectivity index (χ4n) is 4.16. The number of nitrogens with one attached hydrogen (secondary N) is 1. The number of hydrogen-bond acceptors (Lipinski definition) is 5. The van der Waals surface area contributed by atoms with Crippen LogP contribution in [-0.4, -0.2) is 63.7 Å². The molecule has 1 aromatic carbocycles. The second kappa shape index (κ2) is 8.81. The lowest BCUT2D eigenvalue weighted by Gasteiger charge is -2.36. The maximum absolute atomic E-state index is 13.0. The molecule has 1 atom stereocenters. The van der Waals surface area contributed by atoms with E-state index in [-0.39, 0.29) is 11.5 Å². The highest BCUT2D eigenvalue weighted by molar-refractivity contribution is 5.94. The van der Waals surface area contributed by atoms with Gasteiger partial charge in [-0.2, -0.15) is 5.26 Å². The summed E-state index contributed by atoms with van der Waals surface area (Å²) in [6.45, 7) is 3.32. The van der Waals surface area contributed by atoms with Crippen molar-refractivity contribution < 1.29 is 4.79 Å². The van der Waals surface area contributed by atoms with Crippen molar-refractivity contribution >= 4 is 5.91 Å². The van der Waals surface area contributed by atoms with Crippen LogP contribution in [0.3, 0.4) is 0 Å². The summed E-state index contributed by atoms with van der Waals surface area (Å²) in [4.78, 5) is 34.3. The van der Waals surface area contributed by atoms with Crippen molar-refractivity contribution in [3.05, 3.63) is 69.8 Å². The quantitative estimate of drug-likeness (QED) is 0.686. The molecule has 1 aliphatic rings. The van der Waals surface area contributed by atoms with Gasteiger partial charge in [0.15, 0.2) is 5.82 Å². The first kappa shape index (κ1) is 21.5. The third kappa shape index (κ3) is 4.07. The number of likely N-dealkylation sites (tertiary alicyclic amines) is 1. The van der Waals surface area contributed by atoms with Crippen molar-refractivity contribution in [2.45, 2.75) is 25.8 Å². The SMILES string of the molecule is Cc1cc(C#N)ccc1-c1c[nH]n(-c2ccc(C(=O)N3CCC[C@@H](N(C)C)C3)cn2)c1=O. The molecule has 0 aliphatic carbocycles. The predicted octanol–water partition coefficient (Wildman–Crippen LogP) is 2.57. The number of aromatic amines is 1. The summed E-state index contributed by atoms with van der Waals surface area (Å²) in [7, 11) is 4.08. The van der Waals surface area contributed by atoms with Crippen molar-refractivity contribution in [1.82, 2.24) is 24.6 Å². The zero-order chi connectivity index (χ0) is 22.8. The molecule has 8 nitrogen and oxygen atoms in total. The number of carbonyl (C=O) groups is 1. The van der Waals surface area contributed by atoms with Crippen LogP contribution in [0.1, 0.15) is 34.3 Å². The van der Waals surface area contributed by atoms with Gasteiger partial charge in [0.1, 0.15) is 0 Å². The van der Waals surface area contributed by atoms with Gasteiger partial charge < -0.3 is 9.80 Å². The molecular formula is C24H26N6O2. The number of nitrogens with zero attached hydrogens (tertiary/aromatic N) is 5. The highest BCUT2D eigenvalue weighted by Crippen LogP contribution is 2.22. The molecule has 3 aromatic rings. The predicted molar refractivity (Wildman–Crippen MR) is 122 cm³/mol. The summed E-state index contributed by atoms with van der Waals surface area (Å²) >= 11 is 0. The first-order chi connectivity index (χ1) is 15.4. The zero-order valence-electron chi connectivity index (χ0n) is 18.5. The van der Waals surface area contributed by atoms with Gasteiger partial charge in [0.25, 0.3) is 11.5 Å². The summed E-state index contributed by atoms with van der Waals surface area (Å²) < 4.78 is 1.35. The molecule has 0 radical (unpaired) electrons. The van der Waals surface area contributed by atoms with Gasteiger partial charge in [0, 0.05) is 31.5 Å². The van der Waals surface area contributed by atoms with E-state index in [1.807, 2.05) is 25.9 Å². The van der Waals surface area contributed by atoms with Crippen molar-refractivity contribution in [3.8, 4) is 23.0 Å². The maximum atomic E-state index is 13.0. The molecule has 1 aliphatic heterocycles. The smallest absolute Gasteiger partial charge is 0.280 e. The molecular weight excluding hydrogens is 404 g/mol. The molecule has 3 heterocycles. The second-order valence-corrected chi connectivity index (χ2v) is 8.39. The lowest BCUT2D eigenvalue weighted by molar-refractivity contribution is 0.0634. The van der Waals surface area contributed by atoms with Crippen molar-refractivity contribution in [2.75, 3.05) is 27.2 Å². The molecule has 1 amide bonds. The number of piperidine rings is 1. The molecule has 1 saturated heterocycles. The van der Waals surface area contributed by atoms with Crippen LogP contribution >= 0.6 is 0 Å². The van der Waals surface area contributed by atoms with Crippen LogP contribution in [0.5, 0.6) is 0 Å². The van der Waals surface area contributed by atoms with Gasteiger partial charge in [-0.1, -0.05) is 6.07 Å². The summed E-state index contributed by atoms with van der Waals surface area (Å²) in [5.74, 6) is 0.372. The van der Waals surface area contributed by atoms with E-state index in [1.165, 1.54) is 10.9 Å². The van der Waals surface area contributed by atoms with E-state index in [0.717, 1.165) is 30.5 Å². The fourth-order valence-corrected chi connectivity index (χ4v) is 4.16. The average molecular weight is 431 g/mol. The van der Waals surface area contributed by atoms with E-state index in [9.17, 15) is 9.59 Å². The number of hydrogen-bond donors (Lipinski definition) is 1. The second-order valence-electron chi connectivity index (χ2n) is 8.39. The van der Waals surface area contributed by atoms with Crippen LogP contribution in [0.25, 0.3) is 16.9 Å². The number of rotatable bonds is 4. The summed E-state index contributed by atoms with van der Waals surface area (Å²) in [6, 6.07) is 11.1. The zero-order valence-corrected chi connectivity index (χ0v) is 18.5. The Morgan fingerprint density at radius 1 is 1.25 bits per heavy atom. The van der Waals surface area contributed by atoms with Gasteiger partial charge in [0.05, 0.1) is 22.8 Å². The monoisotopic (exact) mass is 430 g/mol. The Hall–Kier alpha value is -3.70. The molecule has 0 saturated carbocycles. The normalized spacial score (nSPS) is 16.2. The molecule has 4 rings (SSSR count). The highest BCUT2D eigenvalue weighted by Gasteiger charge is 2.25. The van der Waals surface area contributed by atoms with E-state index in [4.69, 9.17) is 5.26 Å². The summed E-state index contributed by atoms with van der Waals surface area (Å²) in [5.41, 5.74) is 2.92. The van der Waals surface area contributed by atoms with E-state index in [1.54, 1.807) is 36.5 Å². The number of likely N-dealkylation sites (N-methyl/N-ethyl adjacent to an activating group) is 1. The Bertz CT molecular complexity index is 1230. The van der Waals surface area contributed by atoms with Crippen LogP contribution in [0.15, 0.2) is 47.5 Å². The first-order valence-electron chi connectivity index (χ1n) is 10.6. The van der Waals surface area contributed by atoms with Gasteiger partial charge in [-0.15, -0.1) is 0 Å². The highest BCUT2D eigenvalue weighted by atomic mass is 16.2. The van der Waals surface area contributed by atoms with Gasteiger partial charge in [-0.3, -0.25) is 14.7 Å². The molecule has 1 N–H and O–H groups in total. The van der Waals surface area contributed by atoms with Gasteiger partial charge in [-0.25, -0.2) is 9.67 Å². The molecule has 2 aromatic heterocycles. The molecule has 32 heavy (non-hydrogen) atoms. The largest absolute Gasteiger partial charge is 0.337 e. The molecule has 0 unspecified atom stereocenters. The number of amides is 1. The number of aromatic nitrogens is 3. The Balaban J connectivity index is 1.56. The van der Waals surface area contributed by atoms with Crippen LogP contribution < -0.4 is 5.56 Å². The third-order valence-corrected chi connectivity index (χ3v) is 6.06. The van der Waals surface area contributed by atoms with Gasteiger partial charge in [-0.05, 0) is 69.3 Å². The average Bonchev–Trinajstić information content (AvgIpc) is 3.19. The molecule has 164 valence electrons. The number of benzene rings is 1. The van der Waals surface area contributed by atoms with E-state index >= 15 is 0 Å². The maximum Gasteiger partial charge on any atom is 0.280 e. The van der Waals surface area contributed by atoms with Crippen molar-refractivity contribution in [3.63, 3.8) is 0 Å². The van der Waals surface area contributed by atoms with Crippen molar-refractivity contribution in [2.24, 2.45) is 0 Å². The van der Waals surface area contributed by atoms with Crippen LogP contribution in [-0.2, 0) is 0 Å². The number of aryl methyl sites for hydroxylation is 1. The lowest BCUT2D eigenvalue weighted by Crippen LogP contribution is -2.47. The molecule has 1 fully saturated rings. The third-order valence-electron chi connectivity index (χ3n) is 6.06. The van der Waals surface area contributed by atoms with Crippen LogP contribution in [0.2, 0.25) is 0 Å². The molecule has 0 spiro atoms. The Morgan fingerprint density at radius 2 is 2.06 bits per heavy atom. The number of pyridine rings is 1. The number of H-pyrrole nitrogens is 1. The minimum atomic E-state index is -0.241. The topological polar surface area (TPSA) is 98.0 Å².